The average Bonchev–Trinajstić information content (AvgIpc) is 3.31. The number of pyridine rings is 1. The number of rotatable bonds is 5. The minimum atomic E-state index is 0.273. The Morgan fingerprint density at radius 2 is 2.05 bits per heavy atom. The van der Waals surface area contributed by atoms with Crippen molar-refractivity contribution in [2.75, 3.05) is 0 Å². The second kappa shape index (κ2) is 5.80. The lowest BCUT2D eigenvalue weighted by molar-refractivity contribution is 0.0976. The Morgan fingerprint density at radius 3 is 2.76 bits per heavy atom. The van der Waals surface area contributed by atoms with E-state index < -0.39 is 0 Å². The third kappa shape index (κ3) is 3.21. The Bertz CT molecular complexity index is 656. The molecule has 1 aliphatic carbocycles. The Balaban J connectivity index is 1.94. The number of hydrogen-bond donors (Lipinski definition) is 0. The monoisotopic (exact) mass is 279 g/mol. The van der Waals surface area contributed by atoms with Crippen LogP contribution in [0.2, 0.25) is 0 Å². The van der Waals surface area contributed by atoms with E-state index >= 15 is 0 Å². The van der Waals surface area contributed by atoms with Crippen molar-refractivity contribution in [2.24, 2.45) is 5.92 Å². The summed E-state index contributed by atoms with van der Waals surface area (Å²) in [4.78, 5) is 16.8. The van der Waals surface area contributed by atoms with Crippen LogP contribution in [0.25, 0.3) is 11.1 Å². The lowest BCUT2D eigenvalue weighted by Gasteiger charge is -2.12. The van der Waals surface area contributed by atoms with Gasteiger partial charge in [-0.2, -0.15) is 0 Å². The van der Waals surface area contributed by atoms with Gasteiger partial charge in [-0.05, 0) is 42.4 Å². The molecule has 21 heavy (non-hydrogen) atoms. The summed E-state index contributed by atoms with van der Waals surface area (Å²) in [6.45, 7) is 4.29. The molecule has 0 saturated heterocycles. The highest BCUT2D eigenvalue weighted by molar-refractivity contribution is 5.97. The first-order valence-electron chi connectivity index (χ1n) is 7.73. The molecule has 3 rings (SSSR count). The van der Waals surface area contributed by atoms with E-state index in [0.29, 0.717) is 18.3 Å². The molecule has 0 spiro atoms. The zero-order chi connectivity index (χ0) is 14.8. The average molecular weight is 279 g/mol. The van der Waals surface area contributed by atoms with Gasteiger partial charge in [0.1, 0.15) is 0 Å². The first-order valence-corrected chi connectivity index (χ1v) is 7.73. The molecule has 2 heteroatoms. The van der Waals surface area contributed by atoms with Crippen molar-refractivity contribution in [3.63, 3.8) is 0 Å². The number of ketones is 1. The van der Waals surface area contributed by atoms with Crippen LogP contribution in [0.5, 0.6) is 0 Å². The second-order valence-electron chi connectivity index (χ2n) is 6.24. The van der Waals surface area contributed by atoms with Gasteiger partial charge < -0.3 is 0 Å². The SMILES string of the molecule is CC(C)c1ncccc1-c1cccc(C(=O)CC2CC2)c1. The number of aromatic nitrogens is 1. The fourth-order valence-corrected chi connectivity index (χ4v) is 2.68. The van der Waals surface area contributed by atoms with Crippen LogP contribution < -0.4 is 0 Å². The molecular weight excluding hydrogens is 258 g/mol. The Labute approximate surface area is 126 Å². The largest absolute Gasteiger partial charge is 0.294 e. The van der Waals surface area contributed by atoms with Crippen LogP contribution in [0.1, 0.15) is 55.1 Å². The zero-order valence-corrected chi connectivity index (χ0v) is 12.7. The highest BCUT2D eigenvalue weighted by atomic mass is 16.1. The maximum Gasteiger partial charge on any atom is 0.163 e. The van der Waals surface area contributed by atoms with Crippen molar-refractivity contribution in [1.82, 2.24) is 4.98 Å². The van der Waals surface area contributed by atoms with Crippen molar-refractivity contribution in [1.29, 1.82) is 0 Å². The predicted molar refractivity (Wildman–Crippen MR) is 85.4 cm³/mol. The minimum Gasteiger partial charge on any atom is -0.294 e. The molecule has 0 radical (unpaired) electrons. The molecule has 108 valence electrons. The van der Waals surface area contributed by atoms with Crippen LogP contribution >= 0.6 is 0 Å². The topological polar surface area (TPSA) is 30.0 Å². The summed E-state index contributed by atoms with van der Waals surface area (Å²) in [5, 5.41) is 0. The molecule has 0 atom stereocenters. The summed E-state index contributed by atoms with van der Waals surface area (Å²) in [5.41, 5.74) is 4.14. The molecule has 0 N–H and O–H groups in total. The third-order valence-corrected chi connectivity index (χ3v) is 4.05. The van der Waals surface area contributed by atoms with Crippen LogP contribution in [0.3, 0.4) is 0 Å². The van der Waals surface area contributed by atoms with Gasteiger partial charge in [-0.3, -0.25) is 9.78 Å². The summed E-state index contributed by atoms with van der Waals surface area (Å²) in [5.74, 6) is 1.27. The number of carbonyl (C=O) groups excluding carboxylic acids is 1. The van der Waals surface area contributed by atoms with Gasteiger partial charge in [0.05, 0.1) is 5.69 Å². The molecule has 1 saturated carbocycles. The van der Waals surface area contributed by atoms with E-state index in [1.54, 1.807) is 0 Å². The van der Waals surface area contributed by atoms with E-state index in [1.165, 1.54) is 12.8 Å². The Morgan fingerprint density at radius 1 is 1.24 bits per heavy atom. The number of carbonyl (C=O) groups is 1. The van der Waals surface area contributed by atoms with E-state index in [2.05, 4.69) is 31.0 Å². The number of benzene rings is 1. The molecule has 0 aliphatic heterocycles. The van der Waals surface area contributed by atoms with E-state index in [1.807, 2.05) is 30.5 Å². The van der Waals surface area contributed by atoms with Gasteiger partial charge in [-0.1, -0.05) is 38.1 Å². The summed E-state index contributed by atoms with van der Waals surface area (Å²) in [6, 6.07) is 12.0. The fraction of sp³-hybridized carbons (Fsp3) is 0.368. The first-order chi connectivity index (χ1) is 10.1. The molecule has 1 aliphatic rings. The van der Waals surface area contributed by atoms with Gasteiger partial charge in [-0.25, -0.2) is 0 Å². The van der Waals surface area contributed by atoms with E-state index in [0.717, 1.165) is 22.4 Å². The van der Waals surface area contributed by atoms with Crippen molar-refractivity contribution >= 4 is 5.78 Å². The van der Waals surface area contributed by atoms with Gasteiger partial charge in [0.25, 0.3) is 0 Å². The number of nitrogens with zero attached hydrogens (tertiary/aromatic N) is 1. The highest BCUT2D eigenvalue weighted by Crippen LogP contribution is 2.34. The van der Waals surface area contributed by atoms with Crippen LogP contribution in [0.4, 0.5) is 0 Å². The highest BCUT2D eigenvalue weighted by Gasteiger charge is 2.25. The van der Waals surface area contributed by atoms with Crippen molar-refractivity contribution < 1.29 is 4.79 Å². The third-order valence-electron chi connectivity index (χ3n) is 4.05. The molecule has 1 fully saturated rings. The van der Waals surface area contributed by atoms with E-state index in [-0.39, 0.29) is 5.78 Å². The summed E-state index contributed by atoms with van der Waals surface area (Å²) in [6.07, 6.45) is 4.96. The molecule has 2 aromatic rings. The molecule has 0 amide bonds. The smallest absolute Gasteiger partial charge is 0.163 e. The van der Waals surface area contributed by atoms with Crippen LogP contribution in [-0.2, 0) is 0 Å². The maximum absolute atomic E-state index is 12.3. The van der Waals surface area contributed by atoms with E-state index in [4.69, 9.17) is 0 Å². The lowest BCUT2D eigenvalue weighted by Crippen LogP contribution is -2.01. The molecule has 1 aromatic carbocycles. The van der Waals surface area contributed by atoms with Crippen molar-refractivity contribution in [3.05, 3.63) is 53.9 Å². The lowest BCUT2D eigenvalue weighted by atomic mass is 9.95. The van der Waals surface area contributed by atoms with Gasteiger partial charge in [0.2, 0.25) is 0 Å². The second-order valence-corrected chi connectivity index (χ2v) is 6.24. The molecule has 2 nitrogen and oxygen atoms in total. The predicted octanol–water partition coefficient (Wildman–Crippen LogP) is 4.85. The minimum absolute atomic E-state index is 0.273. The quantitative estimate of drug-likeness (QED) is 0.732. The van der Waals surface area contributed by atoms with Gasteiger partial charge in [0.15, 0.2) is 5.78 Å². The Kier molecular flexibility index (Phi) is 3.87. The zero-order valence-electron chi connectivity index (χ0n) is 12.7. The fourth-order valence-electron chi connectivity index (χ4n) is 2.68. The first kappa shape index (κ1) is 14.0. The van der Waals surface area contributed by atoms with Crippen LogP contribution in [0.15, 0.2) is 42.6 Å². The van der Waals surface area contributed by atoms with Crippen molar-refractivity contribution in [3.8, 4) is 11.1 Å². The standard InChI is InChI=1S/C19H21NO/c1-13(2)19-17(7-4-10-20-19)15-5-3-6-16(12-15)18(21)11-14-8-9-14/h3-7,10,12-14H,8-9,11H2,1-2H3. The number of Topliss-reactive ketones (excluding diaryl/α,β-unsaturated/α-hetero) is 1. The normalized spacial score (nSPS) is 14.4. The molecule has 0 unspecified atom stereocenters. The molecule has 1 heterocycles. The van der Waals surface area contributed by atoms with Gasteiger partial charge in [-0.15, -0.1) is 0 Å². The number of hydrogen-bond acceptors (Lipinski definition) is 2. The van der Waals surface area contributed by atoms with Gasteiger partial charge >= 0.3 is 0 Å². The summed E-state index contributed by atoms with van der Waals surface area (Å²) >= 11 is 0. The van der Waals surface area contributed by atoms with Crippen molar-refractivity contribution in [2.45, 2.75) is 39.0 Å². The van der Waals surface area contributed by atoms with Gasteiger partial charge in [0, 0.05) is 23.7 Å². The van der Waals surface area contributed by atoms with Crippen LogP contribution in [-0.4, -0.2) is 10.8 Å². The Hall–Kier alpha value is -1.96. The van der Waals surface area contributed by atoms with E-state index in [9.17, 15) is 4.79 Å². The van der Waals surface area contributed by atoms with Crippen LogP contribution in [0, 0.1) is 5.92 Å². The summed E-state index contributed by atoms with van der Waals surface area (Å²) < 4.78 is 0. The molecule has 1 aromatic heterocycles. The molecular formula is C19H21NO. The summed E-state index contributed by atoms with van der Waals surface area (Å²) in [7, 11) is 0. The maximum atomic E-state index is 12.3. The molecule has 0 bridgehead atoms.